The molecule has 0 bridgehead atoms. The number of aliphatic carboxylic acids is 1. The number of carbonyl (C=O) groups is 1. The number of benzene rings is 1. The van der Waals surface area contributed by atoms with Crippen LogP contribution in [0.4, 0.5) is 0 Å². The fourth-order valence-corrected chi connectivity index (χ4v) is 2.73. The highest BCUT2D eigenvalue weighted by Gasteiger charge is 2.36. The van der Waals surface area contributed by atoms with Crippen molar-refractivity contribution in [2.24, 2.45) is 5.92 Å². The smallest absolute Gasteiger partial charge is 0.308 e. The molecule has 1 saturated heterocycles. The molecule has 1 fully saturated rings. The largest absolute Gasteiger partial charge is 0.497 e. The Labute approximate surface area is 107 Å². The number of hydrogen-bond acceptors (Lipinski definition) is 3. The first-order chi connectivity index (χ1) is 8.63. The van der Waals surface area contributed by atoms with Gasteiger partial charge in [-0.15, -0.1) is 0 Å². The van der Waals surface area contributed by atoms with Crippen molar-refractivity contribution >= 4 is 5.97 Å². The van der Waals surface area contributed by atoms with Gasteiger partial charge in [0.05, 0.1) is 13.0 Å². The molecule has 2 rings (SSSR count). The Morgan fingerprint density at radius 1 is 1.39 bits per heavy atom. The normalized spacial score (nSPS) is 27.8. The maximum absolute atomic E-state index is 11.4. The Kier molecular flexibility index (Phi) is 3.87. The van der Waals surface area contributed by atoms with Gasteiger partial charge < -0.3 is 15.2 Å². The summed E-state index contributed by atoms with van der Waals surface area (Å²) in [6, 6.07) is 7.72. The third-order valence-electron chi connectivity index (χ3n) is 3.72. The van der Waals surface area contributed by atoms with Crippen LogP contribution in [0.3, 0.4) is 0 Å². The van der Waals surface area contributed by atoms with Gasteiger partial charge in [-0.3, -0.25) is 4.79 Å². The Balaban J connectivity index is 2.25. The van der Waals surface area contributed by atoms with Crippen molar-refractivity contribution in [2.45, 2.75) is 25.3 Å². The standard InChI is InChI=1S/C14H19NO3/c1-9-13(14(16)17)12(7-8-15-9)10-3-5-11(18-2)6-4-10/h3-6,9,12-13,15H,7-8H2,1-2H3,(H,16,17). The highest BCUT2D eigenvalue weighted by Crippen LogP contribution is 2.34. The van der Waals surface area contributed by atoms with E-state index in [1.807, 2.05) is 31.2 Å². The fraction of sp³-hybridized carbons (Fsp3) is 0.500. The summed E-state index contributed by atoms with van der Waals surface area (Å²) in [6.07, 6.45) is 0.855. The minimum Gasteiger partial charge on any atom is -0.497 e. The van der Waals surface area contributed by atoms with Crippen molar-refractivity contribution in [3.05, 3.63) is 29.8 Å². The molecule has 0 aliphatic carbocycles. The van der Waals surface area contributed by atoms with Gasteiger partial charge in [-0.25, -0.2) is 0 Å². The Bertz CT molecular complexity index is 416. The Morgan fingerprint density at radius 2 is 2.06 bits per heavy atom. The summed E-state index contributed by atoms with van der Waals surface area (Å²) >= 11 is 0. The molecule has 0 radical (unpaired) electrons. The van der Waals surface area contributed by atoms with Crippen LogP contribution in [0.1, 0.15) is 24.8 Å². The van der Waals surface area contributed by atoms with E-state index in [-0.39, 0.29) is 17.9 Å². The molecule has 98 valence electrons. The van der Waals surface area contributed by atoms with E-state index in [1.54, 1.807) is 7.11 Å². The number of methoxy groups -OCH3 is 1. The van der Waals surface area contributed by atoms with Gasteiger partial charge in [0.2, 0.25) is 0 Å². The number of rotatable bonds is 3. The summed E-state index contributed by atoms with van der Waals surface area (Å²) in [4.78, 5) is 11.4. The molecular weight excluding hydrogens is 230 g/mol. The van der Waals surface area contributed by atoms with Crippen molar-refractivity contribution in [3.63, 3.8) is 0 Å². The predicted molar refractivity (Wildman–Crippen MR) is 68.9 cm³/mol. The Hall–Kier alpha value is -1.55. The molecule has 0 spiro atoms. The van der Waals surface area contributed by atoms with Crippen LogP contribution < -0.4 is 10.1 Å². The number of carboxylic acids is 1. The minimum absolute atomic E-state index is 0.00310. The number of ether oxygens (including phenoxy) is 1. The van der Waals surface area contributed by atoms with Crippen LogP contribution in [0.15, 0.2) is 24.3 Å². The van der Waals surface area contributed by atoms with E-state index in [0.29, 0.717) is 0 Å². The quantitative estimate of drug-likeness (QED) is 0.858. The van der Waals surface area contributed by atoms with E-state index in [0.717, 1.165) is 24.3 Å². The molecule has 1 aromatic rings. The summed E-state index contributed by atoms with van der Waals surface area (Å²) in [6.45, 7) is 2.80. The van der Waals surface area contributed by atoms with Crippen molar-refractivity contribution in [3.8, 4) is 5.75 Å². The van der Waals surface area contributed by atoms with Crippen molar-refractivity contribution in [1.29, 1.82) is 0 Å². The molecule has 3 unspecified atom stereocenters. The second kappa shape index (κ2) is 5.40. The SMILES string of the molecule is COc1ccc(C2CCNC(C)C2C(=O)O)cc1. The lowest BCUT2D eigenvalue weighted by molar-refractivity contribution is -0.144. The minimum atomic E-state index is -0.726. The highest BCUT2D eigenvalue weighted by atomic mass is 16.5. The van der Waals surface area contributed by atoms with E-state index in [2.05, 4.69) is 5.32 Å². The molecule has 1 heterocycles. The van der Waals surface area contributed by atoms with Crippen LogP contribution in [0, 0.1) is 5.92 Å². The zero-order chi connectivity index (χ0) is 13.1. The zero-order valence-electron chi connectivity index (χ0n) is 10.7. The van der Waals surface area contributed by atoms with Gasteiger partial charge in [0, 0.05) is 6.04 Å². The molecule has 3 atom stereocenters. The monoisotopic (exact) mass is 249 g/mol. The van der Waals surface area contributed by atoms with Gasteiger partial charge in [-0.05, 0) is 43.5 Å². The lowest BCUT2D eigenvalue weighted by atomic mass is 9.77. The average molecular weight is 249 g/mol. The van der Waals surface area contributed by atoms with Crippen molar-refractivity contribution in [1.82, 2.24) is 5.32 Å². The summed E-state index contributed by atoms with van der Waals surface area (Å²) in [5, 5.41) is 12.6. The third-order valence-corrected chi connectivity index (χ3v) is 3.72. The second-order valence-electron chi connectivity index (χ2n) is 4.78. The van der Waals surface area contributed by atoms with E-state index in [4.69, 9.17) is 4.74 Å². The van der Waals surface area contributed by atoms with Crippen LogP contribution in [0.5, 0.6) is 5.75 Å². The van der Waals surface area contributed by atoms with Gasteiger partial charge in [0.25, 0.3) is 0 Å². The van der Waals surface area contributed by atoms with E-state index < -0.39 is 5.97 Å². The lowest BCUT2D eigenvalue weighted by Gasteiger charge is -2.34. The number of hydrogen-bond donors (Lipinski definition) is 2. The van der Waals surface area contributed by atoms with Gasteiger partial charge in [0.15, 0.2) is 0 Å². The second-order valence-corrected chi connectivity index (χ2v) is 4.78. The molecule has 0 saturated carbocycles. The number of piperidine rings is 1. The molecular formula is C14H19NO3. The molecule has 18 heavy (non-hydrogen) atoms. The summed E-state index contributed by atoms with van der Waals surface area (Å²) in [5.41, 5.74) is 1.08. The first kappa shape index (κ1) is 12.9. The Morgan fingerprint density at radius 3 is 2.61 bits per heavy atom. The van der Waals surface area contributed by atoms with Gasteiger partial charge in [0.1, 0.15) is 5.75 Å². The topological polar surface area (TPSA) is 58.6 Å². The highest BCUT2D eigenvalue weighted by molar-refractivity contribution is 5.72. The van der Waals surface area contributed by atoms with Gasteiger partial charge in [-0.2, -0.15) is 0 Å². The van der Waals surface area contributed by atoms with Crippen LogP contribution in [0.2, 0.25) is 0 Å². The lowest BCUT2D eigenvalue weighted by Crippen LogP contribution is -2.46. The molecule has 1 aromatic carbocycles. The molecule has 0 aromatic heterocycles. The predicted octanol–water partition coefficient (Wildman–Crippen LogP) is 1.86. The first-order valence-corrected chi connectivity index (χ1v) is 6.23. The maximum atomic E-state index is 11.4. The summed E-state index contributed by atoms with van der Waals surface area (Å²) < 4.78 is 5.12. The average Bonchev–Trinajstić information content (AvgIpc) is 2.38. The molecule has 1 aliphatic heterocycles. The van der Waals surface area contributed by atoms with Gasteiger partial charge in [-0.1, -0.05) is 12.1 Å². The van der Waals surface area contributed by atoms with Crippen LogP contribution in [-0.2, 0) is 4.79 Å². The van der Waals surface area contributed by atoms with E-state index in [1.165, 1.54) is 0 Å². The molecule has 2 N–H and O–H groups in total. The summed E-state index contributed by atoms with van der Waals surface area (Å²) in [7, 11) is 1.63. The molecule has 0 amide bonds. The van der Waals surface area contributed by atoms with Crippen molar-refractivity contribution < 1.29 is 14.6 Å². The maximum Gasteiger partial charge on any atom is 0.308 e. The van der Waals surface area contributed by atoms with Gasteiger partial charge >= 0.3 is 5.97 Å². The molecule has 4 heteroatoms. The fourth-order valence-electron chi connectivity index (χ4n) is 2.73. The summed E-state index contributed by atoms with van der Waals surface area (Å²) in [5.74, 6) is -0.222. The first-order valence-electron chi connectivity index (χ1n) is 6.23. The van der Waals surface area contributed by atoms with Crippen molar-refractivity contribution in [2.75, 3.05) is 13.7 Å². The van der Waals surface area contributed by atoms with Crippen LogP contribution >= 0.6 is 0 Å². The number of carboxylic acid groups (broad SMARTS) is 1. The zero-order valence-corrected chi connectivity index (χ0v) is 10.7. The van der Waals surface area contributed by atoms with E-state index in [9.17, 15) is 9.90 Å². The van der Waals surface area contributed by atoms with Crippen LogP contribution in [0.25, 0.3) is 0 Å². The van der Waals surface area contributed by atoms with E-state index >= 15 is 0 Å². The molecule has 4 nitrogen and oxygen atoms in total. The molecule has 1 aliphatic rings. The number of nitrogens with one attached hydrogen (secondary N) is 1. The van der Waals surface area contributed by atoms with Crippen LogP contribution in [-0.4, -0.2) is 30.8 Å². The third kappa shape index (κ3) is 2.48.